The van der Waals surface area contributed by atoms with Crippen LogP contribution in [-0.4, -0.2) is 15.8 Å². The number of phenolic OH excluding ortho intramolecular Hbond substituents is 1. The summed E-state index contributed by atoms with van der Waals surface area (Å²) in [7, 11) is 0. The number of nitrogens with zero attached hydrogens (tertiary/aromatic N) is 2. The summed E-state index contributed by atoms with van der Waals surface area (Å²) in [6.45, 7) is 0. The lowest BCUT2D eigenvalue weighted by Gasteiger charge is -2.38. The molecule has 5 heteroatoms. The summed E-state index contributed by atoms with van der Waals surface area (Å²) in [5, 5.41) is 17.8. The zero-order valence-corrected chi connectivity index (χ0v) is 15.2. The smallest absolute Gasteiger partial charge is 0.217 e. The highest BCUT2D eigenvalue weighted by molar-refractivity contribution is 6.30. The Labute approximate surface area is 162 Å². The molecule has 0 fully saturated rings. The Hall–Kier alpha value is -2.98. The van der Waals surface area contributed by atoms with E-state index in [9.17, 15) is 5.11 Å². The number of para-hydroxylation sites is 1. The van der Waals surface area contributed by atoms with Gasteiger partial charge in [-0.3, -0.25) is 0 Å². The van der Waals surface area contributed by atoms with Crippen molar-refractivity contribution < 1.29 is 9.84 Å². The second-order valence-electron chi connectivity index (χ2n) is 6.72. The highest BCUT2D eigenvalue weighted by atomic mass is 35.5. The molecule has 0 bridgehead atoms. The van der Waals surface area contributed by atoms with Gasteiger partial charge in [-0.2, -0.15) is 5.10 Å². The van der Waals surface area contributed by atoms with Gasteiger partial charge in [0.25, 0.3) is 0 Å². The molecule has 3 aromatic rings. The standard InChI is InChI=1S/C22H17ClN2O2/c23-15-10-11-20(26)17(12-15)22-25-19(16-8-4-5-9-21(16)27-22)13-18(24-25)14-6-2-1-3-7-14/h1-12,19,22,26H,13H2/t19-,22+/m0/s1. The van der Waals surface area contributed by atoms with Crippen LogP contribution in [0, 0.1) is 0 Å². The van der Waals surface area contributed by atoms with Gasteiger partial charge in [0.1, 0.15) is 11.5 Å². The van der Waals surface area contributed by atoms with Crippen LogP contribution < -0.4 is 4.74 Å². The number of aromatic hydroxyl groups is 1. The van der Waals surface area contributed by atoms with Crippen LogP contribution in [0.15, 0.2) is 77.9 Å². The Kier molecular flexibility index (Phi) is 3.80. The number of hydrazone groups is 1. The molecule has 2 aliphatic rings. The molecular weight excluding hydrogens is 360 g/mol. The van der Waals surface area contributed by atoms with E-state index in [1.165, 1.54) is 0 Å². The molecule has 0 aromatic heterocycles. The first-order chi connectivity index (χ1) is 13.2. The molecule has 27 heavy (non-hydrogen) atoms. The lowest BCUT2D eigenvalue weighted by molar-refractivity contribution is -0.0203. The van der Waals surface area contributed by atoms with Crippen LogP contribution in [-0.2, 0) is 0 Å². The van der Waals surface area contributed by atoms with E-state index in [4.69, 9.17) is 21.4 Å². The van der Waals surface area contributed by atoms with Crippen molar-refractivity contribution in [1.82, 2.24) is 5.01 Å². The van der Waals surface area contributed by atoms with E-state index in [0.29, 0.717) is 10.6 Å². The minimum atomic E-state index is -0.537. The summed E-state index contributed by atoms with van der Waals surface area (Å²) in [6, 6.07) is 23.2. The Morgan fingerprint density at radius 3 is 2.59 bits per heavy atom. The molecule has 0 amide bonds. The van der Waals surface area contributed by atoms with Gasteiger partial charge in [-0.25, -0.2) is 5.01 Å². The van der Waals surface area contributed by atoms with Crippen LogP contribution in [0.3, 0.4) is 0 Å². The van der Waals surface area contributed by atoms with Gasteiger partial charge in [-0.05, 0) is 29.8 Å². The van der Waals surface area contributed by atoms with E-state index in [1.807, 2.05) is 41.4 Å². The normalized spacial score (nSPS) is 20.5. The first kappa shape index (κ1) is 16.2. The zero-order chi connectivity index (χ0) is 18.4. The summed E-state index contributed by atoms with van der Waals surface area (Å²) in [6.07, 6.45) is 0.243. The SMILES string of the molecule is Oc1ccc(Cl)cc1[C@H]1Oc2ccccc2[C@@H]2CC(c3ccccc3)=NN12. The van der Waals surface area contributed by atoms with Crippen molar-refractivity contribution in [2.75, 3.05) is 0 Å². The number of hydrogen-bond donors (Lipinski definition) is 1. The molecule has 0 saturated carbocycles. The second-order valence-corrected chi connectivity index (χ2v) is 7.16. The summed E-state index contributed by atoms with van der Waals surface area (Å²) in [5.41, 5.74) is 3.82. The van der Waals surface area contributed by atoms with Crippen molar-refractivity contribution >= 4 is 17.3 Å². The molecule has 3 aromatic carbocycles. The van der Waals surface area contributed by atoms with Crippen molar-refractivity contribution in [2.45, 2.75) is 18.7 Å². The third-order valence-corrected chi connectivity index (χ3v) is 5.30. The van der Waals surface area contributed by atoms with E-state index in [0.717, 1.165) is 29.0 Å². The zero-order valence-electron chi connectivity index (χ0n) is 14.4. The molecule has 134 valence electrons. The summed E-state index contributed by atoms with van der Waals surface area (Å²) in [5.74, 6) is 0.957. The first-order valence-electron chi connectivity index (χ1n) is 8.86. The average molecular weight is 377 g/mol. The van der Waals surface area contributed by atoms with Gasteiger partial charge in [-0.1, -0.05) is 60.1 Å². The first-order valence-corrected chi connectivity index (χ1v) is 9.24. The quantitative estimate of drug-likeness (QED) is 0.661. The van der Waals surface area contributed by atoms with Crippen molar-refractivity contribution in [3.05, 3.63) is 94.5 Å². The van der Waals surface area contributed by atoms with E-state index in [2.05, 4.69) is 18.2 Å². The molecule has 2 aliphatic heterocycles. The molecule has 2 heterocycles. The number of halogens is 1. The van der Waals surface area contributed by atoms with Crippen molar-refractivity contribution in [3.8, 4) is 11.5 Å². The highest BCUT2D eigenvalue weighted by Gasteiger charge is 2.41. The molecule has 0 spiro atoms. The number of fused-ring (bicyclic) bond motifs is 3. The van der Waals surface area contributed by atoms with Gasteiger partial charge >= 0.3 is 0 Å². The largest absolute Gasteiger partial charge is 0.507 e. The van der Waals surface area contributed by atoms with Crippen LogP contribution in [0.25, 0.3) is 0 Å². The maximum absolute atomic E-state index is 10.4. The predicted octanol–water partition coefficient (Wildman–Crippen LogP) is 5.29. The summed E-state index contributed by atoms with van der Waals surface area (Å²) < 4.78 is 6.25. The Morgan fingerprint density at radius 2 is 1.74 bits per heavy atom. The van der Waals surface area contributed by atoms with Crippen molar-refractivity contribution in [1.29, 1.82) is 0 Å². The molecule has 0 radical (unpaired) electrons. The number of phenols is 1. The second kappa shape index (κ2) is 6.32. The summed E-state index contributed by atoms with van der Waals surface area (Å²) >= 11 is 6.18. The Morgan fingerprint density at radius 1 is 0.963 bits per heavy atom. The molecule has 0 unspecified atom stereocenters. The number of rotatable bonds is 2. The van der Waals surface area contributed by atoms with Crippen LogP contribution in [0.4, 0.5) is 0 Å². The summed E-state index contributed by atoms with van der Waals surface area (Å²) in [4.78, 5) is 0. The lowest BCUT2D eigenvalue weighted by Crippen LogP contribution is -2.33. The van der Waals surface area contributed by atoms with Crippen LogP contribution in [0.2, 0.25) is 5.02 Å². The lowest BCUT2D eigenvalue weighted by atomic mass is 9.96. The molecule has 1 N–H and O–H groups in total. The third kappa shape index (κ3) is 2.73. The van der Waals surface area contributed by atoms with Gasteiger partial charge in [0, 0.05) is 17.0 Å². The molecule has 4 nitrogen and oxygen atoms in total. The predicted molar refractivity (Wildman–Crippen MR) is 105 cm³/mol. The Bertz CT molecular complexity index is 1040. The average Bonchev–Trinajstić information content (AvgIpc) is 3.16. The monoisotopic (exact) mass is 376 g/mol. The van der Waals surface area contributed by atoms with Gasteiger partial charge in [0.2, 0.25) is 6.23 Å². The molecule has 0 aliphatic carbocycles. The van der Waals surface area contributed by atoms with Crippen LogP contribution in [0.1, 0.15) is 35.4 Å². The number of ether oxygens (including phenoxy) is 1. The molecular formula is C22H17ClN2O2. The van der Waals surface area contributed by atoms with Crippen molar-refractivity contribution in [3.63, 3.8) is 0 Å². The Balaban J connectivity index is 1.63. The van der Waals surface area contributed by atoms with Crippen LogP contribution in [0.5, 0.6) is 11.5 Å². The number of benzene rings is 3. The van der Waals surface area contributed by atoms with E-state index in [1.54, 1.807) is 18.2 Å². The topological polar surface area (TPSA) is 45.1 Å². The molecule has 5 rings (SSSR count). The third-order valence-electron chi connectivity index (χ3n) is 5.06. The fourth-order valence-corrected chi connectivity index (χ4v) is 3.95. The minimum Gasteiger partial charge on any atom is -0.507 e. The fraction of sp³-hybridized carbons (Fsp3) is 0.136. The minimum absolute atomic E-state index is 0.0496. The molecule has 2 atom stereocenters. The fourth-order valence-electron chi connectivity index (χ4n) is 3.77. The van der Waals surface area contributed by atoms with E-state index >= 15 is 0 Å². The number of hydrogen-bond acceptors (Lipinski definition) is 4. The van der Waals surface area contributed by atoms with Gasteiger partial charge in [0.05, 0.1) is 17.3 Å². The van der Waals surface area contributed by atoms with Gasteiger partial charge < -0.3 is 9.84 Å². The van der Waals surface area contributed by atoms with Crippen LogP contribution >= 0.6 is 11.6 Å². The van der Waals surface area contributed by atoms with E-state index < -0.39 is 6.23 Å². The molecule has 0 saturated heterocycles. The maximum Gasteiger partial charge on any atom is 0.217 e. The highest BCUT2D eigenvalue weighted by Crippen LogP contribution is 2.48. The van der Waals surface area contributed by atoms with Gasteiger partial charge in [0.15, 0.2) is 0 Å². The van der Waals surface area contributed by atoms with Crippen molar-refractivity contribution in [2.24, 2.45) is 5.10 Å². The van der Waals surface area contributed by atoms with Gasteiger partial charge in [-0.15, -0.1) is 0 Å². The van der Waals surface area contributed by atoms with E-state index in [-0.39, 0.29) is 11.8 Å². The maximum atomic E-state index is 10.4.